The third kappa shape index (κ3) is 2.01. The number of anilines is 1. The Hall–Kier alpha value is -0.780. The van der Waals surface area contributed by atoms with Crippen LogP contribution in [0.5, 0.6) is 0 Å². The Bertz CT molecular complexity index is 679. The van der Waals surface area contributed by atoms with E-state index in [1.807, 2.05) is 0 Å². The van der Waals surface area contributed by atoms with Crippen molar-refractivity contribution >= 4 is 27.3 Å². The summed E-state index contributed by atoms with van der Waals surface area (Å²) in [7, 11) is -3.51. The number of hydrogen-bond donors (Lipinski definition) is 2. The van der Waals surface area contributed by atoms with E-state index in [1.54, 1.807) is 13.0 Å². The molecule has 0 heterocycles. The molecule has 3 aliphatic rings. The number of rotatable bonds is 3. The van der Waals surface area contributed by atoms with Gasteiger partial charge in [-0.15, -0.1) is 0 Å². The van der Waals surface area contributed by atoms with Gasteiger partial charge in [0.25, 0.3) is 0 Å². The summed E-state index contributed by atoms with van der Waals surface area (Å²) in [6.45, 7) is 1.77. The monoisotopic (exact) mass is 326 g/mol. The van der Waals surface area contributed by atoms with Crippen molar-refractivity contribution in [3.63, 3.8) is 0 Å². The summed E-state index contributed by atoms with van der Waals surface area (Å²) in [6.07, 6.45) is 3.86. The van der Waals surface area contributed by atoms with E-state index in [1.165, 1.54) is 25.3 Å². The maximum Gasteiger partial charge on any atom is 0.240 e. The second-order valence-corrected chi connectivity index (χ2v) is 8.87. The fourth-order valence-corrected chi connectivity index (χ4v) is 6.18. The number of nitrogens with two attached hydrogens (primary N) is 1. The molecule has 3 N–H and O–H groups in total. The lowest BCUT2D eigenvalue weighted by atomic mass is 10.0. The van der Waals surface area contributed by atoms with Crippen LogP contribution < -0.4 is 10.5 Å². The van der Waals surface area contributed by atoms with Crippen molar-refractivity contribution < 1.29 is 8.42 Å². The highest BCUT2D eigenvalue weighted by atomic mass is 35.5. The van der Waals surface area contributed by atoms with Crippen molar-refractivity contribution in [2.45, 2.75) is 37.1 Å². The van der Waals surface area contributed by atoms with Gasteiger partial charge in [0.15, 0.2) is 0 Å². The summed E-state index contributed by atoms with van der Waals surface area (Å²) in [5.74, 6) is 2.63. The van der Waals surface area contributed by atoms with Crippen LogP contribution in [0.3, 0.4) is 0 Å². The number of hydrogen-bond acceptors (Lipinski definition) is 3. The minimum absolute atomic E-state index is 0.137. The zero-order valence-corrected chi connectivity index (χ0v) is 13.4. The molecule has 1 aromatic rings. The Balaban J connectivity index is 1.58. The van der Waals surface area contributed by atoms with Crippen molar-refractivity contribution in [2.75, 3.05) is 5.73 Å². The molecule has 21 heavy (non-hydrogen) atoms. The standard InChI is InChI=1S/C15H19ClN2O2S/c1-7-4-10(6-11(17)14(7)16)21(19,20)18-15-12-8-2-3-9(5-8)13(12)15/h4,6,8-9,12-13,15,18H,2-3,5,17H2,1H3. The number of nitrogen functional groups attached to an aromatic ring is 1. The smallest absolute Gasteiger partial charge is 0.240 e. The van der Waals surface area contributed by atoms with Gasteiger partial charge in [-0.25, -0.2) is 13.1 Å². The normalized spacial score (nSPS) is 36.8. The van der Waals surface area contributed by atoms with E-state index in [2.05, 4.69) is 4.72 Å². The van der Waals surface area contributed by atoms with Crippen LogP contribution in [0, 0.1) is 30.6 Å². The van der Waals surface area contributed by atoms with Crippen LogP contribution in [0.15, 0.2) is 17.0 Å². The zero-order valence-electron chi connectivity index (χ0n) is 11.8. The Morgan fingerprint density at radius 1 is 1.24 bits per heavy atom. The summed E-state index contributed by atoms with van der Waals surface area (Å²) < 4.78 is 28.0. The topological polar surface area (TPSA) is 72.2 Å². The minimum Gasteiger partial charge on any atom is -0.397 e. The van der Waals surface area contributed by atoms with Gasteiger partial charge >= 0.3 is 0 Å². The summed E-state index contributed by atoms with van der Waals surface area (Å²) in [5.41, 5.74) is 6.79. The molecule has 3 saturated carbocycles. The van der Waals surface area contributed by atoms with Crippen molar-refractivity contribution in [1.29, 1.82) is 0 Å². The van der Waals surface area contributed by atoms with Gasteiger partial charge in [0.1, 0.15) is 0 Å². The Morgan fingerprint density at radius 2 is 1.86 bits per heavy atom. The van der Waals surface area contributed by atoms with Crippen molar-refractivity contribution in [3.05, 3.63) is 22.7 Å². The third-order valence-electron chi connectivity index (χ3n) is 5.59. The van der Waals surface area contributed by atoms with Gasteiger partial charge in [-0.05, 0) is 67.6 Å². The number of benzene rings is 1. The maximum absolute atomic E-state index is 12.6. The maximum atomic E-state index is 12.6. The quantitative estimate of drug-likeness (QED) is 0.838. The largest absolute Gasteiger partial charge is 0.397 e. The molecule has 6 heteroatoms. The van der Waals surface area contributed by atoms with E-state index >= 15 is 0 Å². The first kappa shape index (κ1) is 13.9. The van der Waals surface area contributed by atoms with E-state index in [9.17, 15) is 8.42 Å². The molecular formula is C15H19ClN2O2S. The molecule has 1 aromatic carbocycles. The molecule has 0 saturated heterocycles. The summed E-state index contributed by atoms with van der Waals surface area (Å²) in [4.78, 5) is 0.222. The molecule has 2 bridgehead atoms. The summed E-state index contributed by atoms with van der Waals surface area (Å²) in [5, 5.41) is 0.426. The van der Waals surface area contributed by atoms with Crippen LogP contribution in [-0.4, -0.2) is 14.5 Å². The molecule has 3 fully saturated rings. The van der Waals surface area contributed by atoms with Crippen molar-refractivity contribution in [1.82, 2.24) is 4.72 Å². The van der Waals surface area contributed by atoms with Crippen LogP contribution >= 0.6 is 11.6 Å². The number of sulfonamides is 1. The number of aryl methyl sites for hydroxylation is 1. The summed E-state index contributed by atoms with van der Waals surface area (Å²) in [6, 6.07) is 3.18. The molecule has 4 nitrogen and oxygen atoms in total. The molecule has 0 spiro atoms. The molecular weight excluding hydrogens is 308 g/mol. The van der Waals surface area contributed by atoms with E-state index in [4.69, 9.17) is 17.3 Å². The first-order valence-corrected chi connectivity index (χ1v) is 9.32. The predicted molar refractivity (Wildman–Crippen MR) is 82.5 cm³/mol. The molecule has 0 radical (unpaired) electrons. The van der Waals surface area contributed by atoms with E-state index < -0.39 is 10.0 Å². The molecule has 0 aromatic heterocycles. The Morgan fingerprint density at radius 3 is 2.43 bits per heavy atom. The van der Waals surface area contributed by atoms with Gasteiger partial charge < -0.3 is 5.73 Å². The minimum atomic E-state index is -3.51. The Kier molecular flexibility index (Phi) is 2.88. The van der Waals surface area contributed by atoms with Gasteiger partial charge in [0.2, 0.25) is 10.0 Å². The number of nitrogens with one attached hydrogen (secondary N) is 1. The number of fused-ring (bicyclic) bond motifs is 5. The van der Waals surface area contributed by atoms with E-state index in [-0.39, 0.29) is 10.9 Å². The highest BCUT2D eigenvalue weighted by Gasteiger charge is 2.65. The lowest BCUT2D eigenvalue weighted by molar-refractivity contribution is 0.456. The van der Waals surface area contributed by atoms with Gasteiger partial charge in [0, 0.05) is 6.04 Å². The van der Waals surface area contributed by atoms with Crippen molar-refractivity contribution in [2.24, 2.45) is 23.7 Å². The van der Waals surface area contributed by atoms with E-state index in [0.717, 1.165) is 11.8 Å². The van der Waals surface area contributed by atoms with Gasteiger partial charge in [-0.1, -0.05) is 11.6 Å². The van der Waals surface area contributed by atoms with Crippen molar-refractivity contribution in [3.8, 4) is 0 Å². The fourth-order valence-electron chi connectivity index (χ4n) is 4.65. The number of halogens is 1. The average molecular weight is 327 g/mol. The lowest BCUT2D eigenvalue weighted by Crippen LogP contribution is -2.30. The third-order valence-corrected chi connectivity index (χ3v) is 7.55. The highest BCUT2D eigenvalue weighted by molar-refractivity contribution is 7.89. The first-order valence-electron chi connectivity index (χ1n) is 7.46. The molecule has 114 valence electrons. The molecule has 3 aliphatic carbocycles. The zero-order chi connectivity index (χ0) is 14.9. The highest BCUT2D eigenvalue weighted by Crippen LogP contribution is 2.65. The molecule has 0 aliphatic heterocycles. The summed E-state index contributed by atoms with van der Waals surface area (Å²) >= 11 is 6.00. The van der Waals surface area contributed by atoms with Crippen LogP contribution in [-0.2, 0) is 10.0 Å². The predicted octanol–water partition coefficient (Wildman–Crippen LogP) is 2.55. The second-order valence-electron chi connectivity index (χ2n) is 6.78. The Labute approximate surface area is 130 Å². The average Bonchev–Trinajstić information content (AvgIpc) is 2.83. The first-order chi connectivity index (χ1) is 9.88. The molecule has 4 rings (SSSR count). The van der Waals surface area contributed by atoms with Gasteiger partial charge in [-0.3, -0.25) is 0 Å². The fraction of sp³-hybridized carbons (Fsp3) is 0.600. The van der Waals surface area contributed by atoms with Gasteiger partial charge in [-0.2, -0.15) is 0 Å². The van der Waals surface area contributed by atoms with E-state index in [0.29, 0.717) is 28.1 Å². The molecule has 0 amide bonds. The second kappa shape index (κ2) is 4.37. The lowest BCUT2D eigenvalue weighted by Gasteiger charge is -2.13. The van der Waals surface area contributed by atoms with Crippen LogP contribution in [0.2, 0.25) is 5.02 Å². The van der Waals surface area contributed by atoms with Crippen LogP contribution in [0.4, 0.5) is 5.69 Å². The van der Waals surface area contributed by atoms with Crippen LogP contribution in [0.1, 0.15) is 24.8 Å². The van der Waals surface area contributed by atoms with Crippen LogP contribution in [0.25, 0.3) is 0 Å². The SMILES string of the molecule is Cc1cc(S(=O)(=O)NC2C3C4CCC(C4)C23)cc(N)c1Cl. The molecule has 4 atom stereocenters. The van der Waals surface area contributed by atoms with Gasteiger partial charge in [0.05, 0.1) is 15.6 Å². The molecule has 4 unspecified atom stereocenters.